The molecule has 1 aliphatic rings. The maximum Gasteiger partial charge on any atom is 0.274 e. The zero-order chi connectivity index (χ0) is 18.8. The Hall–Kier alpha value is -2.94. The normalized spacial score (nSPS) is 14.3. The predicted octanol–water partition coefficient (Wildman–Crippen LogP) is 0.715. The van der Waals surface area contributed by atoms with Crippen molar-refractivity contribution >= 4 is 17.5 Å². The second-order valence-electron chi connectivity index (χ2n) is 6.12. The number of aromatic nitrogens is 2. The number of nitrogens with one attached hydrogen (secondary N) is 1. The first kappa shape index (κ1) is 17.9. The molecular formula is C17H20N4O5. The summed E-state index contributed by atoms with van der Waals surface area (Å²) < 4.78 is 11.5. The van der Waals surface area contributed by atoms with E-state index < -0.39 is 11.5 Å². The SMILES string of the molecule is Cc1noc(C)c1C(=O)Nc1cc(C(=O)N2CCOCC2)cn(C)c1=O. The van der Waals surface area contributed by atoms with Crippen LogP contribution in [-0.2, 0) is 11.8 Å². The first-order valence-electron chi connectivity index (χ1n) is 8.20. The van der Waals surface area contributed by atoms with Gasteiger partial charge in [0.25, 0.3) is 17.4 Å². The number of nitrogens with zero attached hydrogens (tertiary/aromatic N) is 3. The lowest BCUT2D eigenvalue weighted by molar-refractivity contribution is 0.0302. The molecule has 1 saturated heterocycles. The van der Waals surface area contributed by atoms with Gasteiger partial charge in [0.15, 0.2) is 0 Å². The molecule has 26 heavy (non-hydrogen) atoms. The smallest absolute Gasteiger partial charge is 0.274 e. The van der Waals surface area contributed by atoms with Crippen molar-refractivity contribution in [2.75, 3.05) is 31.6 Å². The highest BCUT2D eigenvalue weighted by molar-refractivity contribution is 6.06. The van der Waals surface area contributed by atoms with Crippen LogP contribution in [0.2, 0.25) is 0 Å². The number of aryl methyl sites for hydroxylation is 3. The number of amides is 2. The maximum absolute atomic E-state index is 12.7. The first-order valence-corrected chi connectivity index (χ1v) is 8.20. The predicted molar refractivity (Wildman–Crippen MR) is 92.3 cm³/mol. The van der Waals surface area contributed by atoms with Gasteiger partial charge in [-0.1, -0.05) is 5.16 Å². The third-order valence-electron chi connectivity index (χ3n) is 4.24. The molecule has 2 aromatic heterocycles. The van der Waals surface area contributed by atoms with Crippen molar-refractivity contribution in [1.82, 2.24) is 14.6 Å². The Morgan fingerprint density at radius 3 is 2.54 bits per heavy atom. The summed E-state index contributed by atoms with van der Waals surface area (Å²) in [6.45, 7) is 5.19. The van der Waals surface area contributed by atoms with Crippen LogP contribution in [0.3, 0.4) is 0 Å². The van der Waals surface area contributed by atoms with E-state index in [1.807, 2.05) is 0 Å². The number of hydrogen-bond donors (Lipinski definition) is 1. The van der Waals surface area contributed by atoms with Gasteiger partial charge < -0.3 is 24.0 Å². The van der Waals surface area contributed by atoms with Gasteiger partial charge in [0.1, 0.15) is 17.0 Å². The van der Waals surface area contributed by atoms with Crippen molar-refractivity contribution in [3.05, 3.63) is 45.2 Å². The van der Waals surface area contributed by atoms with Crippen molar-refractivity contribution in [2.45, 2.75) is 13.8 Å². The number of rotatable bonds is 3. The summed E-state index contributed by atoms with van der Waals surface area (Å²) >= 11 is 0. The fourth-order valence-electron chi connectivity index (χ4n) is 2.86. The minimum Gasteiger partial charge on any atom is -0.378 e. The summed E-state index contributed by atoms with van der Waals surface area (Å²) in [5, 5.41) is 6.30. The zero-order valence-corrected chi connectivity index (χ0v) is 14.9. The third kappa shape index (κ3) is 3.38. The largest absolute Gasteiger partial charge is 0.378 e. The average Bonchev–Trinajstić information content (AvgIpc) is 2.97. The Balaban J connectivity index is 1.90. The molecule has 3 heterocycles. The molecule has 0 radical (unpaired) electrons. The lowest BCUT2D eigenvalue weighted by Gasteiger charge is -2.27. The molecule has 0 saturated carbocycles. The quantitative estimate of drug-likeness (QED) is 0.864. The van der Waals surface area contributed by atoms with Gasteiger partial charge in [0, 0.05) is 26.3 Å². The minimum absolute atomic E-state index is 0.0246. The number of pyridine rings is 1. The van der Waals surface area contributed by atoms with Gasteiger partial charge in [-0.3, -0.25) is 14.4 Å². The van der Waals surface area contributed by atoms with E-state index >= 15 is 0 Å². The van der Waals surface area contributed by atoms with Gasteiger partial charge in [-0.25, -0.2) is 0 Å². The van der Waals surface area contributed by atoms with E-state index in [0.717, 1.165) is 0 Å². The van der Waals surface area contributed by atoms with Crippen LogP contribution in [0.1, 0.15) is 32.2 Å². The standard InChI is InChI=1S/C17H20N4O5/c1-10-14(11(2)26-19-10)15(22)18-13-8-12(9-20(3)17(13)24)16(23)21-4-6-25-7-5-21/h8-9H,4-7H2,1-3H3,(H,18,22). The number of carbonyl (C=O) groups excluding carboxylic acids is 2. The fraction of sp³-hybridized carbons (Fsp3) is 0.412. The number of hydrogen-bond acceptors (Lipinski definition) is 6. The Morgan fingerprint density at radius 2 is 1.92 bits per heavy atom. The van der Waals surface area contributed by atoms with Crippen molar-refractivity contribution in [1.29, 1.82) is 0 Å². The van der Waals surface area contributed by atoms with Crippen molar-refractivity contribution in [2.24, 2.45) is 7.05 Å². The van der Waals surface area contributed by atoms with E-state index in [1.54, 1.807) is 18.7 Å². The Bertz CT molecular complexity index is 889. The van der Waals surface area contributed by atoms with Gasteiger partial charge in [-0.2, -0.15) is 0 Å². The molecule has 3 rings (SSSR count). The van der Waals surface area contributed by atoms with Crippen molar-refractivity contribution in [3.8, 4) is 0 Å². The van der Waals surface area contributed by atoms with E-state index in [4.69, 9.17) is 9.26 Å². The molecule has 9 nitrogen and oxygen atoms in total. The fourth-order valence-corrected chi connectivity index (χ4v) is 2.86. The molecule has 1 aliphatic heterocycles. The lowest BCUT2D eigenvalue weighted by atomic mass is 10.1. The summed E-state index contributed by atoms with van der Waals surface area (Å²) in [4.78, 5) is 39.2. The molecule has 2 amide bonds. The molecule has 0 aromatic carbocycles. The monoisotopic (exact) mass is 360 g/mol. The highest BCUT2D eigenvalue weighted by Crippen LogP contribution is 2.15. The molecule has 0 unspecified atom stereocenters. The maximum atomic E-state index is 12.7. The highest BCUT2D eigenvalue weighted by Gasteiger charge is 2.22. The second kappa shape index (κ2) is 7.12. The topological polar surface area (TPSA) is 107 Å². The van der Waals surface area contributed by atoms with Crippen LogP contribution in [-0.4, -0.2) is 52.7 Å². The van der Waals surface area contributed by atoms with Gasteiger partial charge in [-0.05, 0) is 19.9 Å². The Kier molecular flexibility index (Phi) is 4.90. The number of morpholine rings is 1. The van der Waals surface area contributed by atoms with Crippen LogP contribution in [0.25, 0.3) is 0 Å². The number of carbonyl (C=O) groups is 2. The van der Waals surface area contributed by atoms with E-state index in [9.17, 15) is 14.4 Å². The molecule has 1 N–H and O–H groups in total. The van der Waals surface area contributed by atoms with Crippen LogP contribution in [0, 0.1) is 13.8 Å². The molecule has 138 valence electrons. The Labute approximate surface area is 149 Å². The van der Waals surface area contributed by atoms with Crippen LogP contribution >= 0.6 is 0 Å². The van der Waals surface area contributed by atoms with Crippen LogP contribution in [0.4, 0.5) is 5.69 Å². The van der Waals surface area contributed by atoms with E-state index in [0.29, 0.717) is 43.3 Å². The molecular weight excluding hydrogens is 340 g/mol. The van der Waals surface area contributed by atoms with Gasteiger partial charge >= 0.3 is 0 Å². The summed E-state index contributed by atoms with van der Waals surface area (Å²) in [6.07, 6.45) is 1.46. The molecule has 0 spiro atoms. The van der Waals surface area contributed by atoms with Gasteiger partial charge in [-0.15, -0.1) is 0 Å². The third-order valence-corrected chi connectivity index (χ3v) is 4.24. The molecule has 9 heteroatoms. The van der Waals surface area contributed by atoms with Gasteiger partial charge in [0.05, 0.1) is 24.5 Å². The van der Waals surface area contributed by atoms with E-state index in [1.165, 1.54) is 23.9 Å². The lowest BCUT2D eigenvalue weighted by Crippen LogP contribution is -2.41. The average molecular weight is 360 g/mol. The Morgan fingerprint density at radius 1 is 1.23 bits per heavy atom. The van der Waals surface area contributed by atoms with Crippen molar-refractivity contribution in [3.63, 3.8) is 0 Å². The summed E-state index contributed by atoms with van der Waals surface area (Å²) in [6, 6.07) is 1.40. The molecule has 0 bridgehead atoms. The van der Waals surface area contributed by atoms with Gasteiger partial charge in [0.2, 0.25) is 0 Å². The van der Waals surface area contributed by atoms with Crippen LogP contribution < -0.4 is 10.9 Å². The molecule has 2 aromatic rings. The molecule has 0 atom stereocenters. The summed E-state index contributed by atoms with van der Waals surface area (Å²) in [7, 11) is 1.53. The van der Waals surface area contributed by atoms with Crippen molar-refractivity contribution < 1.29 is 18.8 Å². The number of ether oxygens (including phenoxy) is 1. The highest BCUT2D eigenvalue weighted by atomic mass is 16.5. The summed E-state index contributed by atoms with van der Waals surface area (Å²) in [5.74, 6) is -0.358. The molecule has 0 aliphatic carbocycles. The second-order valence-corrected chi connectivity index (χ2v) is 6.12. The van der Waals surface area contributed by atoms with Crippen LogP contribution in [0.15, 0.2) is 21.6 Å². The zero-order valence-electron chi connectivity index (χ0n) is 14.9. The first-order chi connectivity index (χ1) is 12.4. The summed E-state index contributed by atoms with van der Waals surface area (Å²) in [5.41, 5.74) is 0.637. The van der Waals surface area contributed by atoms with E-state index in [-0.39, 0.29) is 17.2 Å². The molecule has 1 fully saturated rings. The minimum atomic E-state index is -0.505. The van der Waals surface area contributed by atoms with Crippen LogP contribution in [0.5, 0.6) is 0 Å². The van der Waals surface area contributed by atoms with E-state index in [2.05, 4.69) is 10.5 Å². The number of anilines is 1.